The highest BCUT2D eigenvalue weighted by atomic mass is 32.2. The molecule has 8 nitrogen and oxygen atoms in total. The van der Waals surface area contributed by atoms with Crippen LogP contribution in [0.3, 0.4) is 0 Å². The molecule has 0 aromatic rings. The number of hydrogen-bond donors (Lipinski definition) is 4. The van der Waals surface area contributed by atoms with Crippen molar-refractivity contribution >= 4 is 20.0 Å². The van der Waals surface area contributed by atoms with Crippen molar-refractivity contribution in [1.82, 2.24) is 20.5 Å². The highest BCUT2D eigenvalue weighted by Gasteiger charge is 2.11. The minimum absolute atomic E-state index is 0.108. The molecule has 10 heteroatoms. The molecule has 0 radical (unpaired) electrons. The van der Waals surface area contributed by atoms with Gasteiger partial charge in [0, 0.05) is 0 Å². The van der Waals surface area contributed by atoms with Crippen LogP contribution in [0.2, 0.25) is 0 Å². The first-order chi connectivity index (χ1) is 7.33. The number of unbranched alkanes of at least 4 members (excludes halogenated alkanes) is 1. The van der Waals surface area contributed by atoms with Crippen LogP contribution in [0.25, 0.3) is 0 Å². The molecule has 0 fully saturated rings. The zero-order valence-corrected chi connectivity index (χ0v) is 10.9. The SMILES string of the molecule is CNNS(=O)(=O)CCCCS(=O)(=O)NNC. The molecule has 0 bridgehead atoms. The van der Waals surface area contributed by atoms with Crippen molar-refractivity contribution in [2.45, 2.75) is 12.8 Å². The first-order valence-electron chi connectivity index (χ1n) is 4.65. The van der Waals surface area contributed by atoms with Gasteiger partial charge in [0.1, 0.15) is 0 Å². The van der Waals surface area contributed by atoms with Crippen molar-refractivity contribution < 1.29 is 16.8 Å². The summed E-state index contributed by atoms with van der Waals surface area (Å²) >= 11 is 0. The van der Waals surface area contributed by atoms with Gasteiger partial charge in [-0.05, 0) is 26.9 Å². The number of hydrazine groups is 2. The van der Waals surface area contributed by atoms with Gasteiger partial charge in [-0.2, -0.15) is 9.66 Å². The van der Waals surface area contributed by atoms with Gasteiger partial charge in [0.05, 0.1) is 11.5 Å². The lowest BCUT2D eigenvalue weighted by Crippen LogP contribution is -2.37. The Kier molecular flexibility index (Phi) is 7.03. The molecule has 0 unspecified atom stereocenters. The van der Waals surface area contributed by atoms with Crippen LogP contribution in [0.5, 0.6) is 0 Å². The van der Waals surface area contributed by atoms with Gasteiger partial charge in [0.25, 0.3) is 0 Å². The van der Waals surface area contributed by atoms with Crippen molar-refractivity contribution in [3.8, 4) is 0 Å². The second-order valence-electron chi connectivity index (χ2n) is 3.05. The molecule has 0 aliphatic rings. The summed E-state index contributed by atoms with van der Waals surface area (Å²) in [5, 5.41) is 0. The number of hydrogen-bond acceptors (Lipinski definition) is 6. The van der Waals surface area contributed by atoms with Gasteiger partial charge in [-0.25, -0.2) is 27.7 Å². The topological polar surface area (TPSA) is 116 Å². The average molecular weight is 274 g/mol. The van der Waals surface area contributed by atoms with E-state index in [1.807, 2.05) is 0 Å². The molecule has 16 heavy (non-hydrogen) atoms. The predicted octanol–water partition coefficient (Wildman–Crippen LogP) is -2.13. The fourth-order valence-electron chi connectivity index (χ4n) is 0.997. The fraction of sp³-hybridized carbons (Fsp3) is 1.00. The second-order valence-corrected chi connectivity index (χ2v) is 6.73. The van der Waals surface area contributed by atoms with E-state index in [0.717, 1.165) is 0 Å². The molecule has 0 saturated heterocycles. The molecule has 0 rings (SSSR count). The molecule has 0 aliphatic carbocycles. The van der Waals surface area contributed by atoms with Gasteiger partial charge in [-0.15, -0.1) is 0 Å². The standard InChI is InChI=1S/C6H18N4O4S2/c1-7-9-15(11,12)5-3-4-6-16(13,14)10-8-2/h7-10H,3-6H2,1-2H3. The van der Waals surface area contributed by atoms with E-state index >= 15 is 0 Å². The van der Waals surface area contributed by atoms with Crippen LogP contribution < -0.4 is 20.5 Å². The zero-order chi connectivity index (χ0) is 12.7. The van der Waals surface area contributed by atoms with E-state index in [4.69, 9.17) is 0 Å². The van der Waals surface area contributed by atoms with E-state index in [1.165, 1.54) is 14.1 Å². The lowest BCUT2D eigenvalue weighted by molar-refractivity contribution is 0.559. The van der Waals surface area contributed by atoms with Crippen LogP contribution in [-0.2, 0) is 20.0 Å². The Hall–Kier alpha value is -0.260. The summed E-state index contributed by atoms with van der Waals surface area (Å²) in [6, 6.07) is 0. The molecule has 0 atom stereocenters. The third-order valence-corrected chi connectivity index (χ3v) is 4.27. The average Bonchev–Trinajstić information content (AvgIpc) is 2.12. The number of rotatable bonds is 9. The summed E-state index contributed by atoms with van der Waals surface area (Å²) in [5.41, 5.74) is 4.61. The second kappa shape index (κ2) is 7.14. The Morgan fingerprint density at radius 3 is 1.31 bits per heavy atom. The Morgan fingerprint density at radius 1 is 0.750 bits per heavy atom. The Labute approximate surface area is 96.2 Å². The zero-order valence-electron chi connectivity index (χ0n) is 9.28. The first-order valence-corrected chi connectivity index (χ1v) is 7.96. The normalized spacial score (nSPS) is 12.9. The molecule has 98 valence electrons. The van der Waals surface area contributed by atoms with Crippen LogP contribution in [0, 0.1) is 0 Å². The molecule has 4 N–H and O–H groups in total. The van der Waals surface area contributed by atoms with Crippen molar-refractivity contribution in [3.05, 3.63) is 0 Å². The Morgan fingerprint density at radius 2 is 1.06 bits per heavy atom. The molecule has 0 saturated carbocycles. The van der Waals surface area contributed by atoms with Gasteiger partial charge in [-0.3, -0.25) is 0 Å². The Balaban J connectivity index is 3.85. The molecule has 0 aromatic heterocycles. The summed E-state index contributed by atoms with van der Waals surface area (Å²) < 4.78 is 44.5. The lowest BCUT2D eigenvalue weighted by atomic mass is 10.4. The van der Waals surface area contributed by atoms with E-state index in [-0.39, 0.29) is 24.3 Å². The minimum atomic E-state index is -3.35. The van der Waals surface area contributed by atoms with E-state index in [0.29, 0.717) is 0 Å². The van der Waals surface area contributed by atoms with Gasteiger partial charge < -0.3 is 0 Å². The van der Waals surface area contributed by atoms with E-state index in [9.17, 15) is 16.8 Å². The molecule has 0 heterocycles. The van der Waals surface area contributed by atoms with E-state index in [2.05, 4.69) is 20.5 Å². The van der Waals surface area contributed by atoms with Crippen molar-refractivity contribution in [2.24, 2.45) is 0 Å². The highest BCUT2D eigenvalue weighted by Crippen LogP contribution is 1.97. The lowest BCUT2D eigenvalue weighted by Gasteiger charge is -2.06. The van der Waals surface area contributed by atoms with Crippen LogP contribution in [0.1, 0.15) is 12.8 Å². The first kappa shape index (κ1) is 15.7. The highest BCUT2D eigenvalue weighted by molar-refractivity contribution is 7.89. The number of sulfonamides is 2. The number of nitrogens with one attached hydrogen (secondary N) is 4. The molecule has 0 amide bonds. The molecular formula is C6H18N4O4S2. The summed E-state index contributed by atoms with van der Waals surface area (Å²) in [6.07, 6.45) is 0.559. The van der Waals surface area contributed by atoms with Crippen molar-refractivity contribution in [1.29, 1.82) is 0 Å². The largest absolute Gasteiger partial charge is 0.247 e. The van der Waals surface area contributed by atoms with Crippen LogP contribution >= 0.6 is 0 Å². The molecule has 0 aromatic carbocycles. The van der Waals surface area contributed by atoms with E-state index < -0.39 is 20.0 Å². The maximum atomic E-state index is 11.1. The summed E-state index contributed by atoms with van der Waals surface area (Å²) in [5.74, 6) is -0.216. The predicted molar refractivity (Wildman–Crippen MR) is 61.2 cm³/mol. The Bertz CT molecular complexity index is 339. The van der Waals surface area contributed by atoms with Gasteiger partial charge in [0.15, 0.2) is 0 Å². The van der Waals surface area contributed by atoms with E-state index in [1.54, 1.807) is 0 Å². The van der Waals surface area contributed by atoms with Gasteiger partial charge >= 0.3 is 0 Å². The summed E-state index contributed by atoms with van der Waals surface area (Å²) in [4.78, 5) is 4.18. The fourth-order valence-corrected chi connectivity index (χ4v) is 2.99. The van der Waals surface area contributed by atoms with Crippen molar-refractivity contribution in [3.63, 3.8) is 0 Å². The molecular weight excluding hydrogens is 256 g/mol. The van der Waals surface area contributed by atoms with Gasteiger partial charge in [0.2, 0.25) is 20.0 Å². The van der Waals surface area contributed by atoms with Gasteiger partial charge in [-0.1, -0.05) is 0 Å². The molecule has 0 spiro atoms. The summed E-state index contributed by atoms with van der Waals surface area (Å²) in [7, 11) is -3.82. The third kappa shape index (κ3) is 7.96. The smallest absolute Gasteiger partial charge is 0.224 e. The molecule has 0 aliphatic heterocycles. The monoisotopic (exact) mass is 274 g/mol. The minimum Gasteiger partial charge on any atom is -0.247 e. The maximum Gasteiger partial charge on any atom is 0.224 e. The third-order valence-electron chi connectivity index (χ3n) is 1.59. The van der Waals surface area contributed by atoms with Crippen molar-refractivity contribution in [2.75, 3.05) is 25.6 Å². The van der Waals surface area contributed by atoms with Crippen LogP contribution in [0.15, 0.2) is 0 Å². The summed E-state index contributed by atoms with van der Waals surface area (Å²) in [6.45, 7) is 0. The maximum absolute atomic E-state index is 11.1. The van der Waals surface area contributed by atoms with Crippen LogP contribution in [0.4, 0.5) is 0 Å². The van der Waals surface area contributed by atoms with Crippen LogP contribution in [-0.4, -0.2) is 42.4 Å². The quantitative estimate of drug-likeness (QED) is 0.282.